The van der Waals surface area contributed by atoms with E-state index in [0.29, 0.717) is 24.6 Å². The summed E-state index contributed by atoms with van der Waals surface area (Å²) in [6.07, 6.45) is 5.68. The van der Waals surface area contributed by atoms with Crippen molar-refractivity contribution in [3.8, 4) is 10.7 Å². The van der Waals surface area contributed by atoms with Gasteiger partial charge >= 0.3 is 0 Å². The molecule has 3 heterocycles. The van der Waals surface area contributed by atoms with Crippen LogP contribution in [0, 0.1) is 0 Å². The number of amides is 1. The van der Waals surface area contributed by atoms with Crippen molar-refractivity contribution >= 4 is 17.2 Å². The first kappa shape index (κ1) is 14.3. The van der Waals surface area contributed by atoms with Crippen molar-refractivity contribution in [2.24, 2.45) is 0 Å². The predicted octanol–water partition coefficient (Wildman–Crippen LogP) is 3.13. The van der Waals surface area contributed by atoms with Crippen LogP contribution in [0.3, 0.4) is 0 Å². The number of thiophene rings is 1. The molecule has 3 rings (SSSR count). The molecule has 1 aliphatic rings. The van der Waals surface area contributed by atoms with E-state index in [1.54, 1.807) is 11.3 Å². The highest BCUT2D eigenvalue weighted by Crippen LogP contribution is 2.21. The fourth-order valence-corrected chi connectivity index (χ4v) is 3.20. The highest BCUT2D eigenvalue weighted by Gasteiger charge is 2.17. The smallest absolute Gasteiger partial charge is 0.227 e. The van der Waals surface area contributed by atoms with Crippen LogP contribution in [0.25, 0.3) is 10.7 Å². The van der Waals surface area contributed by atoms with Crippen LogP contribution in [-0.2, 0) is 11.2 Å². The molecule has 0 radical (unpaired) electrons. The van der Waals surface area contributed by atoms with Gasteiger partial charge in [0.1, 0.15) is 0 Å². The molecule has 1 fully saturated rings. The van der Waals surface area contributed by atoms with Gasteiger partial charge in [0.2, 0.25) is 17.6 Å². The summed E-state index contributed by atoms with van der Waals surface area (Å²) < 4.78 is 5.23. The van der Waals surface area contributed by atoms with Gasteiger partial charge in [0.25, 0.3) is 0 Å². The molecule has 0 bridgehead atoms. The standard InChI is InChI=1S/C15H19N3O2S/c19-14(18-9-3-1-2-4-10-18)8-7-13-16-15(17-20-13)12-6-5-11-21-12/h5-6,11H,1-4,7-10H2. The highest BCUT2D eigenvalue weighted by atomic mass is 32.1. The number of aryl methyl sites for hydroxylation is 1. The van der Waals surface area contributed by atoms with Crippen LogP contribution in [-0.4, -0.2) is 34.0 Å². The molecule has 0 unspecified atom stereocenters. The maximum atomic E-state index is 12.2. The SMILES string of the molecule is O=C(CCc1nc(-c2cccs2)no1)N1CCCCCC1. The minimum Gasteiger partial charge on any atom is -0.343 e. The lowest BCUT2D eigenvalue weighted by Crippen LogP contribution is -2.31. The number of likely N-dealkylation sites (tertiary alicyclic amines) is 1. The average molecular weight is 305 g/mol. The topological polar surface area (TPSA) is 59.2 Å². The monoisotopic (exact) mass is 305 g/mol. The van der Waals surface area contributed by atoms with E-state index in [1.165, 1.54) is 12.8 Å². The molecule has 5 nitrogen and oxygen atoms in total. The fourth-order valence-electron chi connectivity index (χ4n) is 2.55. The molecular weight excluding hydrogens is 286 g/mol. The number of nitrogens with zero attached hydrogens (tertiary/aromatic N) is 3. The van der Waals surface area contributed by atoms with Crippen LogP contribution in [0.5, 0.6) is 0 Å². The Labute approximate surface area is 128 Å². The Bertz CT molecular complexity index is 572. The maximum Gasteiger partial charge on any atom is 0.227 e. The molecule has 1 amide bonds. The molecule has 0 aromatic carbocycles. The third-order valence-corrected chi connectivity index (χ3v) is 4.59. The predicted molar refractivity (Wildman–Crippen MR) is 81.0 cm³/mol. The Balaban J connectivity index is 1.54. The van der Waals surface area contributed by atoms with Crippen LogP contribution < -0.4 is 0 Å². The minimum absolute atomic E-state index is 0.202. The van der Waals surface area contributed by atoms with Crippen molar-refractivity contribution in [1.82, 2.24) is 15.0 Å². The van der Waals surface area contributed by atoms with Crippen LogP contribution in [0.4, 0.5) is 0 Å². The lowest BCUT2D eigenvalue weighted by atomic mass is 10.2. The molecule has 0 saturated carbocycles. The summed E-state index contributed by atoms with van der Waals surface area (Å²) in [5.74, 6) is 1.36. The second-order valence-electron chi connectivity index (χ2n) is 5.28. The number of aromatic nitrogens is 2. The first-order valence-electron chi connectivity index (χ1n) is 7.47. The van der Waals surface area contributed by atoms with Gasteiger partial charge in [0, 0.05) is 25.9 Å². The summed E-state index contributed by atoms with van der Waals surface area (Å²) in [7, 11) is 0. The van der Waals surface area contributed by atoms with Crippen molar-refractivity contribution in [1.29, 1.82) is 0 Å². The largest absolute Gasteiger partial charge is 0.343 e. The van der Waals surface area contributed by atoms with Crippen LogP contribution in [0.15, 0.2) is 22.0 Å². The lowest BCUT2D eigenvalue weighted by Gasteiger charge is -2.19. The molecule has 1 aliphatic heterocycles. The van der Waals surface area contributed by atoms with Gasteiger partial charge in [-0.15, -0.1) is 11.3 Å². The first-order chi connectivity index (χ1) is 10.3. The molecule has 0 N–H and O–H groups in total. The lowest BCUT2D eigenvalue weighted by molar-refractivity contribution is -0.131. The Kier molecular flexibility index (Phi) is 4.65. The molecule has 2 aromatic rings. The van der Waals surface area contributed by atoms with E-state index >= 15 is 0 Å². The van der Waals surface area contributed by atoms with Gasteiger partial charge in [-0.2, -0.15) is 4.98 Å². The molecule has 2 aromatic heterocycles. The zero-order valence-corrected chi connectivity index (χ0v) is 12.8. The Morgan fingerprint density at radius 2 is 2.10 bits per heavy atom. The average Bonchev–Trinajstić information content (AvgIpc) is 3.11. The van der Waals surface area contributed by atoms with E-state index in [-0.39, 0.29) is 5.91 Å². The van der Waals surface area contributed by atoms with Crippen LogP contribution in [0.2, 0.25) is 0 Å². The number of hydrogen-bond donors (Lipinski definition) is 0. The minimum atomic E-state index is 0.202. The fraction of sp³-hybridized carbons (Fsp3) is 0.533. The molecule has 0 aliphatic carbocycles. The third kappa shape index (κ3) is 3.69. The zero-order valence-electron chi connectivity index (χ0n) is 12.0. The van der Waals surface area contributed by atoms with E-state index in [4.69, 9.17) is 4.52 Å². The van der Waals surface area contributed by atoms with Crippen molar-refractivity contribution in [2.45, 2.75) is 38.5 Å². The van der Waals surface area contributed by atoms with E-state index < -0.39 is 0 Å². The van der Waals surface area contributed by atoms with Crippen molar-refractivity contribution in [3.63, 3.8) is 0 Å². The van der Waals surface area contributed by atoms with Crippen LogP contribution in [0.1, 0.15) is 38.0 Å². The molecule has 0 spiro atoms. The summed E-state index contributed by atoms with van der Waals surface area (Å²) in [6, 6.07) is 3.92. The van der Waals surface area contributed by atoms with Gasteiger partial charge < -0.3 is 9.42 Å². The molecule has 21 heavy (non-hydrogen) atoms. The summed E-state index contributed by atoms with van der Waals surface area (Å²) in [5, 5.41) is 5.94. The van der Waals surface area contributed by atoms with E-state index in [9.17, 15) is 4.79 Å². The number of carbonyl (C=O) groups is 1. The zero-order chi connectivity index (χ0) is 14.5. The third-order valence-electron chi connectivity index (χ3n) is 3.72. The van der Waals surface area contributed by atoms with Gasteiger partial charge in [-0.05, 0) is 24.3 Å². The van der Waals surface area contributed by atoms with Crippen molar-refractivity contribution in [3.05, 3.63) is 23.4 Å². The van der Waals surface area contributed by atoms with Crippen molar-refractivity contribution in [2.75, 3.05) is 13.1 Å². The van der Waals surface area contributed by atoms with Gasteiger partial charge in [0.15, 0.2) is 0 Å². The Morgan fingerprint density at radius 3 is 2.81 bits per heavy atom. The van der Waals surface area contributed by atoms with Gasteiger partial charge in [-0.1, -0.05) is 24.1 Å². The van der Waals surface area contributed by atoms with Crippen molar-refractivity contribution < 1.29 is 9.32 Å². The van der Waals surface area contributed by atoms with Gasteiger partial charge in [-0.3, -0.25) is 4.79 Å². The molecule has 0 atom stereocenters. The summed E-state index contributed by atoms with van der Waals surface area (Å²) in [4.78, 5) is 19.5. The summed E-state index contributed by atoms with van der Waals surface area (Å²) >= 11 is 1.58. The molecule has 112 valence electrons. The van der Waals surface area contributed by atoms with E-state index in [0.717, 1.165) is 30.8 Å². The normalized spacial score (nSPS) is 15.9. The highest BCUT2D eigenvalue weighted by molar-refractivity contribution is 7.13. The summed E-state index contributed by atoms with van der Waals surface area (Å²) in [6.45, 7) is 1.78. The maximum absolute atomic E-state index is 12.2. The molecule has 1 saturated heterocycles. The second-order valence-corrected chi connectivity index (χ2v) is 6.23. The van der Waals surface area contributed by atoms with Gasteiger partial charge in [0.05, 0.1) is 4.88 Å². The van der Waals surface area contributed by atoms with E-state index in [2.05, 4.69) is 10.1 Å². The number of carbonyl (C=O) groups excluding carboxylic acids is 1. The summed E-state index contributed by atoms with van der Waals surface area (Å²) in [5.41, 5.74) is 0. The second kappa shape index (κ2) is 6.85. The van der Waals surface area contributed by atoms with E-state index in [1.807, 2.05) is 22.4 Å². The number of rotatable bonds is 4. The van der Waals surface area contributed by atoms with Crippen LogP contribution >= 0.6 is 11.3 Å². The number of hydrogen-bond acceptors (Lipinski definition) is 5. The van der Waals surface area contributed by atoms with Gasteiger partial charge in [-0.25, -0.2) is 0 Å². The Hall–Kier alpha value is -1.69. The Morgan fingerprint density at radius 1 is 1.29 bits per heavy atom. The molecular formula is C15H19N3O2S. The molecule has 6 heteroatoms. The quantitative estimate of drug-likeness (QED) is 0.870. The first-order valence-corrected chi connectivity index (χ1v) is 8.35.